The van der Waals surface area contributed by atoms with Gasteiger partial charge in [-0.05, 0) is 36.9 Å². The Kier molecular flexibility index (Phi) is 2.04. The van der Waals surface area contributed by atoms with Crippen molar-refractivity contribution in [2.24, 2.45) is 11.7 Å². The molecule has 1 aliphatic rings. The lowest BCUT2D eigenvalue weighted by Gasteiger charge is -2.02. The molecule has 0 heterocycles. The number of rotatable bonds is 2. The van der Waals surface area contributed by atoms with Crippen LogP contribution in [0.3, 0.4) is 0 Å². The normalized spacial score (nSPS) is 26.1. The van der Waals surface area contributed by atoms with Gasteiger partial charge < -0.3 is 5.73 Å². The first kappa shape index (κ1) is 8.63. The zero-order valence-electron chi connectivity index (χ0n) is 7.13. The molecule has 2 atom stereocenters. The molecule has 0 amide bonds. The fraction of sp³-hybridized carbons (Fsp3) is 0.400. The van der Waals surface area contributed by atoms with Crippen molar-refractivity contribution in [3.63, 3.8) is 0 Å². The van der Waals surface area contributed by atoms with Crippen LogP contribution in [-0.2, 0) is 0 Å². The Balaban J connectivity index is 2.30. The van der Waals surface area contributed by atoms with Gasteiger partial charge >= 0.3 is 0 Å². The molecule has 1 saturated carbocycles. The van der Waals surface area contributed by atoms with Crippen molar-refractivity contribution in [2.45, 2.75) is 12.3 Å². The third kappa shape index (κ3) is 1.44. The van der Waals surface area contributed by atoms with Gasteiger partial charge in [-0.3, -0.25) is 0 Å². The number of hydrogen-bond donors (Lipinski definition) is 1. The highest BCUT2D eigenvalue weighted by molar-refractivity contribution is 5.29. The topological polar surface area (TPSA) is 26.0 Å². The maximum absolute atomic E-state index is 13.2. The Morgan fingerprint density at radius 3 is 2.38 bits per heavy atom. The zero-order chi connectivity index (χ0) is 9.42. The van der Waals surface area contributed by atoms with Crippen molar-refractivity contribution in [1.82, 2.24) is 0 Å². The van der Waals surface area contributed by atoms with E-state index in [1.807, 2.05) is 0 Å². The summed E-state index contributed by atoms with van der Waals surface area (Å²) in [5, 5.41) is 0. The molecule has 2 rings (SSSR count). The first-order valence-corrected chi connectivity index (χ1v) is 4.38. The van der Waals surface area contributed by atoms with Gasteiger partial charge in [-0.15, -0.1) is 0 Å². The molecule has 1 aromatic carbocycles. The molecule has 70 valence electrons. The van der Waals surface area contributed by atoms with Gasteiger partial charge in [-0.1, -0.05) is 6.07 Å². The van der Waals surface area contributed by atoms with Gasteiger partial charge in [0.1, 0.15) is 11.6 Å². The Morgan fingerprint density at radius 2 is 1.92 bits per heavy atom. The van der Waals surface area contributed by atoms with E-state index in [0.29, 0.717) is 6.54 Å². The summed E-state index contributed by atoms with van der Waals surface area (Å²) in [4.78, 5) is 0. The van der Waals surface area contributed by atoms with E-state index in [0.717, 1.165) is 6.42 Å². The lowest BCUT2D eigenvalue weighted by molar-refractivity contribution is 0.551. The van der Waals surface area contributed by atoms with E-state index in [1.165, 1.54) is 18.2 Å². The van der Waals surface area contributed by atoms with E-state index < -0.39 is 11.6 Å². The molecule has 1 fully saturated rings. The second-order valence-electron chi connectivity index (χ2n) is 3.47. The second kappa shape index (κ2) is 3.07. The van der Waals surface area contributed by atoms with Gasteiger partial charge in [0, 0.05) is 5.56 Å². The fourth-order valence-electron chi connectivity index (χ4n) is 1.73. The van der Waals surface area contributed by atoms with E-state index >= 15 is 0 Å². The molecular formula is C10H11F2N. The molecule has 0 spiro atoms. The maximum atomic E-state index is 13.2. The van der Waals surface area contributed by atoms with Crippen molar-refractivity contribution < 1.29 is 8.78 Å². The maximum Gasteiger partial charge on any atom is 0.129 e. The predicted octanol–water partition coefficient (Wildman–Crippen LogP) is 2.03. The smallest absolute Gasteiger partial charge is 0.129 e. The first-order chi connectivity index (χ1) is 6.24. The Hall–Kier alpha value is -0.960. The van der Waals surface area contributed by atoms with Gasteiger partial charge in [-0.25, -0.2) is 8.78 Å². The molecular weight excluding hydrogens is 172 g/mol. The van der Waals surface area contributed by atoms with Gasteiger partial charge in [-0.2, -0.15) is 0 Å². The molecule has 1 aromatic rings. The fourth-order valence-corrected chi connectivity index (χ4v) is 1.73. The van der Waals surface area contributed by atoms with Gasteiger partial charge in [0.2, 0.25) is 0 Å². The molecule has 0 bridgehead atoms. The summed E-state index contributed by atoms with van der Waals surface area (Å²) in [7, 11) is 0. The molecule has 13 heavy (non-hydrogen) atoms. The van der Waals surface area contributed by atoms with E-state index in [1.54, 1.807) is 0 Å². The minimum atomic E-state index is -0.444. The second-order valence-corrected chi connectivity index (χ2v) is 3.47. The minimum absolute atomic E-state index is 0.00574. The van der Waals surface area contributed by atoms with E-state index in [2.05, 4.69) is 0 Å². The quantitative estimate of drug-likeness (QED) is 0.745. The van der Waals surface area contributed by atoms with E-state index in [4.69, 9.17) is 5.73 Å². The van der Waals surface area contributed by atoms with Crippen molar-refractivity contribution >= 4 is 0 Å². The monoisotopic (exact) mass is 183 g/mol. The van der Waals surface area contributed by atoms with Gasteiger partial charge in [0.05, 0.1) is 0 Å². The highest BCUT2D eigenvalue weighted by Crippen LogP contribution is 2.48. The number of benzene rings is 1. The summed E-state index contributed by atoms with van der Waals surface area (Å²) in [5.41, 5.74) is 5.64. The Morgan fingerprint density at radius 1 is 1.31 bits per heavy atom. The van der Waals surface area contributed by atoms with Crippen molar-refractivity contribution in [3.05, 3.63) is 35.4 Å². The minimum Gasteiger partial charge on any atom is -0.330 e. The number of nitrogens with two attached hydrogens (primary N) is 1. The molecule has 2 N–H and O–H groups in total. The molecule has 1 nitrogen and oxygen atoms in total. The highest BCUT2D eigenvalue weighted by atomic mass is 19.1. The molecule has 0 radical (unpaired) electrons. The van der Waals surface area contributed by atoms with Crippen LogP contribution in [0.5, 0.6) is 0 Å². The zero-order valence-corrected chi connectivity index (χ0v) is 7.13. The first-order valence-electron chi connectivity index (χ1n) is 4.38. The van der Waals surface area contributed by atoms with Crippen LogP contribution in [0.15, 0.2) is 18.2 Å². The summed E-state index contributed by atoms with van der Waals surface area (Å²) in [6.45, 7) is 0.512. The molecule has 0 aromatic heterocycles. The summed E-state index contributed by atoms with van der Waals surface area (Å²) in [6.07, 6.45) is 0.814. The van der Waals surface area contributed by atoms with Gasteiger partial charge in [0.25, 0.3) is 0 Å². The van der Waals surface area contributed by atoms with E-state index in [-0.39, 0.29) is 17.4 Å². The summed E-state index contributed by atoms with van der Waals surface area (Å²) in [5.74, 6) is -0.612. The van der Waals surface area contributed by atoms with Crippen LogP contribution in [0.2, 0.25) is 0 Å². The van der Waals surface area contributed by atoms with Crippen molar-refractivity contribution in [1.29, 1.82) is 0 Å². The van der Waals surface area contributed by atoms with Crippen LogP contribution in [0, 0.1) is 17.6 Å². The van der Waals surface area contributed by atoms with Crippen LogP contribution in [-0.4, -0.2) is 6.54 Å². The third-order valence-corrected chi connectivity index (χ3v) is 2.60. The molecule has 1 aliphatic carbocycles. The molecule has 0 unspecified atom stereocenters. The Bertz CT molecular complexity index is 304. The van der Waals surface area contributed by atoms with Crippen LogP contribution in [0.1, 0.15) is 17.9 Å². The largest absolute Gasteiger partial charge is 0.330 e. The average molecular weight is 183 g/mol. The van der Waals surface area contributed by atoms with Crippen LogP contribution < -0.4 is 5.73 Å². The van der Waals surface area contributed by atoms with E-state index in [9.17, 15) is 8.78 Å². The average Bonchev–Trinajstić information content (AvgIpc) is 2.83. The van der Waals surface area contributed by atoms with Crippen LogP contribution >= 0.6 is 0 Å². The van der Waals surface area contributed by atoms with Crippen molar-refractivity contribution in [3.8, 4) is 0 Å². The van der Waals surface area contributed by atoms with Crippen molar-refractivity contribution in [2.75, 3.05) is 6.54 Å². The highest BCUT2D eigenvalue weighted by Gasteiger charge is 2.40. The third-order valence-electron chi connectivity index (χ3n) is 2.60. The van der Waals surface area contributed by atoms with Gasteiger partial charge in [0.15, 0.2) is 0 Å². The summed E-state index contributed by atoms with van der Waals surface area (Å²) < 4.78 is 26.3. The molecule has 3 heteroatoms. The molecule has 0 saturated heterocycles. The SMILES string of the molecule is NC[C@H]1C[C@@H]1c1c(F)cccc1F. The standard InChI is InChI=1S/C10H11F2N/c11-8-2-1-3-9(12)10(8)7-4-6(7)5-13/h1-3,6-7H,4-5,13H2/t6-,7+/m1/s1. The lowest BCUT2D eigenvalue weighted by atomic mass is 10.1. The van der Waals surface area contributed by atoms with Crippen LogP contribution in [0.4, 0.5) is 8.78 Å². The number of hydrogen-bond acceptors (Lipinski definition) is 1. The lowest BCUT2D eigenvalue weighted by Crippen LogP contribution is -2.03. The predicted molar refractivity (Wildman–Crippen MR) is 46.3 cm³/mol. The Labute approximate surface area is 75.6 Å². The van der Waals surface area contributed by atoms with Crippen LogP contribution in [0.25, 0.3) is 0 Å². The summed E-state index contributed by atoms with van der Waals surface area (Å²) >= 11 is 0. The molecule has 0 aliphatic heterocycles. The summed E-state index contributed by atoms with van der Waals surface area (Å²) in [6, 6.07) is 3.97. The number of halogens is 2.